The molecule has 0 aliphatic heterocycles. The topological polar surface area (TPSA) is 68.0 Å². The number of hydrogen-bond acceptors (Lipinski definition) is 3. The van der Waals surface area contributed by atoms with Gasteiger partial charge in [0.15, 0.2) is 0 Å². The monoisotopic (exact) mass is 429 g/mol. The number of nitrogens with one attached hydrogen (secondary N) is 1. The first kappa shape index (κ1) is 19.4. The van der Waals surface area contributed by atoms with Gasteiger partial charge in [-0.25, -0.2) is 4.68 Å². The SMILES string of the molecule is CCn1nc(C)c(N=Cc2c(C)[nH]n(-c3ccc(Br)c(C)c3C)c2=O)c1C. The van der Waals surface area contributed by atoms with Crippen molar-refractivity contribution in [2.75, 3.05) is 0 Å². The Bertz CT molecular complexity index is 1100. The van der Waals surface area contributed by atoms with Gasteiger partial charge in [0.25, 0.3) is 5.56 Å². The molecule has 1 aromatic carbocycles. The average molecular weight is 430 g/mol. The fourth-order valence-corrected chi connectivity index (χ4v) is 3.64. The van der Waals surface area contributed by atoms with Crippen LogP contribution in [0.15, 0.2) is 26.4 Å². The number of aromatic amines is 1. The highest BCUT2D eigenvalue weighted by Crippen LogP contribution is 2.25. The number of aromatic nitrogens is 4. The molecule has 6 nitrogen and oxygen atoms in total. The second kappa shape index (κ2) is 7.31. The van der Waals surface area contributed by atoms with Crippen LogP contribution in [0.4, 0.5) is 5.69 Å². The van der Waals surface area contributed by atoms with E-state index in [0.717, 1.165) is 50.6 Å². The third-order valence-corrected chi connectivity index (χ3v) is 5.88. The molecule has 0 saturated heterocycles. The fourth-order valence-electron chi connectivity index (χ4n) is 3.21. The highest BCUT2D eigenvalue weighted by molar-refractivity contribution is 9.10. The van der Waals surface area contributed by atoms with E-state index in [2.05, 4.69) is 31.1 Å². The summed E-state index contributed by atoms with van der Waals surface area (Å²) in [6, 6.07) is 3.89. The Morgan fingerprint density at radius 2 is 1.89 bits per heavy atom. The molecule has 0 amide bonds. The van der Waals surface area contributed by atoms with E-state index in [1.165, 1.54) is 0 Å². The van der Waals surface area contributed by atoms with Gasteiger partial charge in [-0.3, -0.25) is 19.6 Å². The maximum Gasteiger partial charge on any atom is 0.280 e. The molecule has 2 aromatic heterocycles. The van der Waals surface area contributed by atoms with E-state index in [4.69, 9.17) is 0 Å². The molecule has 0 unspecified atom stereocenters. The first-order chi connectivity index (χ1) is 12.8. The van der Waals surface area contributed by atoms with Gasteiger partial charge in [-0.15, -0.1) is 0 Å². The summed E-state index contributed by atoms with van der Waals surface area (Å²) in [5.41, 5.74) is 6.90. The van der Waals surface area contributed by atoms with Gasteiger partial charge in [-0.05, 0) is 64.8 Å². The molecular weight excluding hydrogens is 406 g/mol. The summed E-state index contributed by atoms with van der Waals surface area (Å²) in [6.07, 6.45) is 1.64. The van der Waals surface area contributed by atoms with Crippen LogP contribution in [0.25, 0.3) is 5.69 Å². The molecule has 27 heavy (non-hydrogen) atoms. The lowest BCUT2D eigenvalue weighted by atomic mass is 10.1. The zero-order valence-electron chi connectivity index (χ0n) is 16.5. The Morgan fingerprint density at radius 3 is 2.52 bits per heavy atom. The van der Waals surface area contributed by atoms with Crippen molar-refractivity contribution >= 4 is 27.8 Å². The Kier molecular flexibility index (Phi) is 5.24. The molecule has 2 heterocycles. The molecular formula is C20H24BrN5O. The van der Waals surface area contributed by atoms with Crippen molar-refractivity contribution in [1.29, 1.82) is 0 Å². The summed E-state index contributed by atoms with van der Waals surface area (Å²) in [6.45, 7) is 12.7. The van der Waals surface area contributed by atoms with Crippen molar-refractivity contribution in [2.45, 2.75) is 48.1 Å². The van der Waals surface area contributed by atoms with Crippen LogP contribution in [0.1, 0.15) is 40.7 Å². The Labute approximate surface area is 167 Å². The number of halogens is 1. The minimum atomic E-state index is -0.112. The number of hydrogen-bond donors (Lipinski definition) is 1. The average Bonchev–Trinajstić information content (AvgIpc) is 3.07. The van der Waals surface area contributed by atoms with Gasteiger partial charge in [0.05, 0.1) is 22.6 Å². The fraction of sp³-hybridized carbons (Fsp3) is 0.350. The van der Waals surface area contributed by atoms with Crippen LogP contribution in [0.2, 0.25) is 0 Å². The second-order valence-electron chi connectivity index (χ2n) is 6.70. The van der Waals surface area contributed by atoms with Crippen LogP contribution in [-0.4, -0.2) is 25.8 Å². The van der Waals surface area contributed by atoms with Crippen molar-refractivity contribution in [1.82, 2.24) is 19.6 Å². The van der Waals surface area contributed by atoms with Gasteiger partial charge in [0.1, 0.15) is 5.69 Å². The molecule has 0 bridgehead atoms. The summed E-state index contributed by atoms with van der Waals surface area (Å²) in [5.74, 6) is 0. The zero-order chi connectivity index (χ0) is 19.9. The molecule has 0 saturated carbocycles. The number of aliphatic imine (C=N–C) groups is 1. The maximum atomic E-state index is 13.0. The molecule has 0 atom stereocenters. The largest absolute Gasteiger partial charge is 0.295 e. The summed E-state index contributed by atoms with van der Waals surface area (Å²) < 4.78 is 4.53. The third kappa shape index (κ3) is 3.32. The first-order valence-electron chi connectivity index (χ1n) is 8.92. The van der Waals surface area contributed by atoms with Crippen molar-refractivity contribution in [2.24, 2.45) is 4.99 Å². The van der Waals surface area contributed by atoms with Crippen molar-refractivity contribution in [3.63, 3.8) is 0 Å². The van der Waals surface area contributed by atoms with E-state index in [-0.39, 0.29) is 5.56 Å². The number of H-pyrrole nitrogens is 1. The van der Waals surface area contributed by atoms with Crippen LogP contribution in [-0.2, 0) is 6.54 Å². The molecule has 0 aliphatic rings. The molecule has 3 rings (SSSR count). The zero-order valence-corrected chi connectivity index (χ0v) is 18.1. The van der Waals surface area contributed by atoms with E-state index < -0.39 is 0 Å². The molecule has 7 heteroatoms. The lowest BCUT2D eigenvalue weighted by Crippen LogP contribution is -2.18. The highest BCUT2D eigenvalue weighted by Gasteiger charge is 2.15. The van der Waals surface area contributed by atoms with Crippen LogP contribution >= 0.6 is 15.9 Å². The van der Waals surface area contributed by atoms with Crippen LogP contribution in [0.5, 0.6) is 0 Å². The molecule has 142 valence electrons. The van der Waals surface area contributed by atoms with E-state index in [9.17, 15) is 4.79 Å². The van der Waals surface area contributed by atoms with E-state index >= 15 is 0 Å². The third-order valence-electron chi connectivity index (χ3n) is 5.02. The number of nitrogens with zero attached hydrogens (tertiary/aromatic N) is 4. The summed E-state index contributed by atoms with van der Waals surface area (Å²) in [4.78, 5) is 17.6. The van der Waals surface area contributed by atoms with E-state index in [1.807, 2.05) is 58.4 Å². The lowest BCUT2D eigenvalue weighted by molar-refractivity contribution is 0.634. The molecule has 0 aliphatic carbocycles. The summed E-state index contributed by atoms with van der Waals surface area (Å²) in [7, 11) is 0. The minimum absolute atomic E-state index is 0.112. The predicted molar refractivity (Wildman–Crippen MR) is 113 cm³/mol. The summed E-state index contributed by atoms with van der Waals surface area (Å²) >= 11 is 3.54. The second-order valence-corrected chi connectivity index (χ2v) is 7.56. The standard InChI is InChI=1S/C20H24BrN5O/c1-7-25-15(6)19(14(5)23-25)22-10-16-13(4)24-26(20(16)27)18-9-8-17(21)11(2)12(18)3/h8-10,24H,7H2,1-6H3. The normalized spacial score (nSPS) is 11.7. The molecule has 0 fully saturated rings. The quantitative estimate of drug-likeness (QED) is 0.622. The Morgan fingerprint density at radius 1 is 1.19 bits per heavy atom. The highest BCUT2D eigenvalue weighted by atomic mass is 79.9. The van der Waals surface area contributed by atoms with Gasteiger partial charge in [0.2, 0.25) is 0 Å². The van der Waals surface area contributed by atoms with Crippen LogP contribution in [0.3, 0.4) is 0 Å². The number of rotatable bonds is 4. The van der Waals surface area contributed by atoms with Crippen molar-refractivity contribution < 1.29 is 0 Å². The maximum absolute atomic E-state index is 13.0. The number of aryl methyl sites for hydroxylation is 3. The summed E-state index contributed by atoms with van der Waals surface area (Å²) in [5, 5.41) is 7.65. The van der Waals surface area contributed by atoms with Gasteiger partial charge < -0.3 is 0 Å². The van der Waals surface area contributed by atoms with Gasteiger partial charge in [-0.2, -0.15) is 5.10 Å². The number of benzene rings is 1. The van der Waals surface area contributed by atoms with E-state index in [0.29, 0.717) is 5.56 Å². The lowest BCUT2D eigenvalue weighted by Gasteiger charge is -2.10. The predicted octanol–water partition coefficient (Wildman–Crippen LogP) is 4.44. The van der Waals surface area contributed by atoms with Gasteiger partial charge in [-0.1, -0.05) is 15.9 Å². The smallest absolute Gasteiger partial charge is 0.280 e. The molecule has 1 N–H and O–H groups in total. The Hall–Kier alpha value is -2.41. The first-order valence-corrected chi connectivity index (χ1v) is 9.71. The van der Waals surface area contributed by atoms with Crippen LogP contribution in [0, 0.1) is 34.6 Å². The van der Waals surface area contributed by atoms with Crippen molar-refractivity contribution in [3.05, 3.63) is 60.7 Å². The Balaban J connectivity index is 2.07. The van der Waals surface area contributed by atoms with Crippen molar-refractivity contribution in [3.8, 4) is 5.69 Å². The molecule has 3 aromatic rings. The van der Waals surface area contributed by atoms with Gasteiger partial charge in [0, 0.05) is 22.9 Å². The molecule has 0 spiro atoms. The molecule has 0 radical (unpaired) electrons. The minimum Gasteiger partial charge on any atom is -0.295 e. The van der Waals surface area contributed by atoms with Crippen LogP contribution < -0.4 is 5.56 Å². The van der Waals surface area contributed by atoms with E-state index in [1.54, 1.807) is 10.9 Å². The van der Waals surface area contributed by atoms with Gasteiger partial charge >= 0.3 is 0 Å².